The molecule has 0 spiro atoms. The van der Waals surface area contributed by atoms with Crippen molar-refractivity contribution in [1.82, 2.24) is 4.90 Å². The van der Waals surface area contributed by atoms with Crippen molar-refractivity contribution in [1.29, 1.82) is 0 Å². The Morgan fingerprint density at radius 1 is 0.978 bits per heavy atom. The number of carboxylic acids is 1. The van der Waals surface area contributed by atoms with E-state index in [9.17, 15) is 33.5 Å². The second-order valence-corrected chi connectivity index (χ2v) is 13.6. The van der Waals surface area contributed by atoms with E-state index < -0.39 is 62.9 Å². The van der Waals surface area contributed by atoms with Crippen LogP contribution in [0.1, 0.15) is 55.6 Å². The van der Waals surface area contributed by atoms with E-state index in [1.807, 2.05) is 6.08 Å². The first-order valence-electron chi connectivity index (χ1n) is 14.9. The lowest BCUT2D eigenvalue weighted by atomic mass is 9.56. The molecule has 2 aromatic rings. The lowest BCUT2D eigenvalue weighted by molar-refractivity contribution is -0.141. The Bertz CT molecular complexity index is 1660. The Morgan fingerprint density at radius 3 is 2.36 bits per heavy atom. The van der Waals surface area contributed by atoms with Crippen LogP contribution in [-0.2, 0) is 24.0 Å². The fourth-order valence-electron chi connectivity index (χ4n) is 7.64. The van der Waals surface area contributed by atoms with Gasteiger partial charge < -0.3 is 10.2 Å². The molecule has 2 N–H and O–H groups in total. The highest BCUT2D eigenvalue weighted by molar-refractivity contribution is 6.58. The molecule has 2 aliphatic heterocycles. The minimum atomic E-state index is -2.05. The summed E-state index contributed by atoms with van der Waals surface area (Å²) in [5.41, 5.74) is 1.73. The number of nitrogens with zero attached hydrogens (tertiary/aromatic N) is 2. The number of aromatic hydroxyl groups is 1. The fraction of sp³-hybridized carbons (Fsp3) is 0.424. The molecule has 2 aromatic carbocycles. The van der Waals surface area contributed by atoms with E-state index in [0.717, 1.165) is 17.0 Å². The Balaban J connectivity index is 1.42. The quantitative estimate of drug-likeness (QED) is 0.176. The summed E-state index contributed by atoms with van der Waals surface area (Å²) >= 11 is 14.7. The van der Waals surface area contributed by atoms with Crippen molar-refractivity contribution < 1.29 is 38.6 Å². The topological polar surface area (TPSA) is 132 Å². The second-order valence-electron chi connectivity index (χ2n) is 12.3. The number of fused-ring (bicyclic) bond motifs is 4. The standard InChI is InChI=1S/C33H31Cl2FN2O7/c1-17-15-18(6-13-24(17)39)27-21-11-12-22-26(29(43)37(28(22)42)14-4-2-3-5-25(40)41)23(21)16-32(34)30(44)38(31(45)33(27,32)35)20-9-7-19(36)8-10-20/h6-11,13,15,22-23,26-27,39H,2-5,12,14,16H2,1H3,(H,40,41). The minimum absolute atomic E-state index is 0.000287. The maximum Gasteiger partial charge on any atom is 0.303 e. The molecule has 2 heterocycles. The molecular formula is C33H31Cl2FN2O7. The molecule has 6 rings (SSSR count). The Labute approximate surface area is 268 Å². The predicted octanol–water partition coefficient (Wildman–Crippen LogP) is 5.05. The van der Waals surface area contributed by atoms with E-state index in [1.165, 1.54) is 23.1 Å². The van der Waals surface area contributed by atoms with Crippen LogP contribution in [0.2, 0.25) is 0 Å². The summed E-state index contributed by atoms with van der Waals surface area (Å²) in [7, 11) is 0. The first kappa shape index (κ1) is 31.2. The van der Waals surface area contributed by atoms with Gasteiger partial charge in [0.25, 0.3) is 11.8 Å². The first-order valence-corrected chi connectivity index (χ1v) is 15.7. The second kappa shape index (κ2) is 11.2. The molecule has 6 atom stereocenters. The highest BCUT2D eigenvalue weighted by Gasteiger charge is 2.76. The first-order chi connectivity index (χ1) is 21.3. The summed E-state index contributed by atoms with van der Waals surface area (Å²) in [5, 5.41) is 19.2. The molecule has 9 nitrogen and oxygen atoms in total. The van der Waals surface area contributed by atoms with Gasteiger partial charge in [-0.25, -0.2) is 9.29 Å². The number of carbonyl (C=O) groups is 5. The normalized spacial score (nSPS) is 30.7. The number of carboxylic acid groups (broad SMARTS) is 1. The zero-order chi connectivity index (χ0) is 32.4. The van der Waals surface area contributed by atoms with Crippen LogP contribution >= 0.6 is 23.2 Å². The van der Waals surface area contributed by atoms with Crippen molar-refractivity contribution in [3.05, 3.63) is 71.1 Å². The van der Waals surface area contributed by atoms with Crippen LogP contribution < -0.4 is 4.90 Å². The van der Waals surface area contributed by atoms with Crippen molar-refractivity contribution in [2.24, 2.45) is 17.8 Å². The van der Waals surface area contributed by atoms with Gasteiger partial charge in [-0.3, -0.25) is 28.9 Å². The maximum absolute atomic E-state index is 14.3. The highest BCUT2D eigenvalue weighted by atomic mass is 35.5. The molecule has 45 heavy (non-hydrogen) atoms. The molecular weight excluding hydrogens is 626 g/mol. The van der Waals surface area contributed by atoms with Crippen LogP contribution in [0.5, 0.6) is 5.75 Å². The van der Waals surface area contributed by atoms with E-state index in [2.05, 4.69) is 0 Å². The van der Waals surface area contributed by atoms with Crippen molar-refractivity contribution in [3.63, 3.8) is 0 Å². The molecule has 236 valence electrons. The number of rotatable bonds is 8. The van der Waals surface area contributed by atoms with Crippen molar-refractivity contribution in [2.45, 2.75) is 61.1 Å². The number of hydrogen-bond donors (Lipinski definition) is 2. The number of benzene rings is 2. The molecule has 1 saturated carbocycles. The number of likely N-dealkylation sites (tertiary alicyclic amines) is 1. The van der Waals surface area contributed by atoms with Crippen molar-refractivity contribution in [2.75, 3.05) is 11.4 Å². The average Bonchev–Trinajstić information content (AvgIpc) is 3.32. The van der Waals surface area contributed by atoms with Gasteiger partial charge in [0.15, 0.2) is 9.75 Å². The number of aryl methyl sites for hydroxylation is 1. The van der Waals surface area contributed by atoms with Gasteiger partial charge in [-0.15, -0.1) is 23.2 Å². The zero-order valence-electron chi connectivity index (χ0n) is 24.3. The van der Waals surface area contributed by atoms with Crippen molar-refractivity contribution >= 4 is 58.5 Å². The average molecular weight is 658 g/mol. The summed E-state index contributed by atoms with van der Waals surface area (Å²) in [6.07, 6.45) is 3.27. The third-order valence-electron chi connectivity index (χ3n) is 9.81. The van der Waals surface area contributed by atoms with E-state index in [-0.39, 0.29) is 43.2 Å². The van der Waals surface area contributed by atoms with E-state index in [0.29, 0.717) is 36.0 Å². The number of phenols is 1. The lowest BCUT2D eigenvalue weighted by Crippen LogP contribution is -2.60. The van der Waals surface area contributed by atoms with Gasteiger partial charge in [0.05, 0.1) is 17.5 Å². The van der Waals surface area contributed by atoms with Gasteiger partial charge in [-0.1, -0.05) is 30.2 Å². The SMILES string of the molecule is Cc1cc(C2C3=CCC4C(=O)N(CCCCCC(=O)O)C(=O)C4C3CC3(Cl)C(=O)N(c4ccc(F)cc4)C(=O)C23Cl)ccc1O. The summed E-state index contributed by atoms with van der Waals surface area (Å²) in [6, 6.07) is 9.55. The van der Waals surface area contributed by atoms with Crippen molar-refractivity contribution in [3.8, 4) is 5.75 Å². The van der Waals surface area contributed by atoms with E-state index >= 15 is 0 Å². The number of aliphatic carboxylic acids is 1. The summed E-state index contributed by atoms with van der Waals surface area (Å²) in [5.74, 6) is -6.99. The van der Waals surface area contributed by atoms with Gasteiger partial charge in [-0.2, -0.15) is 0 Å². The Morgan fingerprint density at radius 2 is 1.69 bits per heavy atom. The molecule has 4 amide bonds. The maximum atomic E-state index is 14.3. The fourth-order valence-corrected chi connectivity index (χ4v) is 8.57. The number of alkyl halides is 2. The van der Waals surface area contributed by atoms with Crippen LogP contribution in [-0.4, -0.2) is 61.0 Å². The minimum Gasteiger partial charge on any atom is -0.508 e. The Hall–Kier alpha value is -3.76. The molecule has 2 aliphatic carbocycles. The van der Waals surface area contributed by atoms with Gasteiger partial charge >= 0.3 is 5.97 Å². The number of halogens is 3. The van der Waals surface area contributed by atoms with E-state index in [1.54, 1.807) is 19.1 Å². The molecule has 4 aliphatic rings. The highest BCUT2D eigenvalue weighted by Crippen LogP contribution is 2.65. The summed E-state index contributed by atoms with van der Waals surface area (Å²) in [6.45, 7) is 1.83. The van der Waals surface area contributed by atoms with E-state index in [4.69, 9.17) is 28.3 Å². The number of amides is 4. The largest absolute Gasteiger partial charge is 0.508 e. The van der Waals surface area contributed by atoms with Crippen LogP contribution in [0.15, 0.2) is 54.1 Å². The third-order valence-corrected chi connectivity index (χ3v) is 11.2. The van der Waals surface area contributed by atoms with Crippen LogP contribution in [0, 0.1) is 30.5 Å². The van der Waals surface area contributed by atoms with Crippen LogP contribution in [0.4, 0.5) is 10.1 Å². The predicted molar refractivity (Wildman–Crippen MR) is 162 cm³/mol. The summed E-state index contributed by atoms with van der Waals surface area (Å²) < 4.78 is 13.8. The monoisotopic (exact) mass is 656 g/mol. The third kappa shape index (κ3) is 4.67. The van der Waals surface area contributed by atoms with Crippen LogP contribution in [0.3, 0.4) is 0 Å². The molecule has 12 heteroatoms. The van der Waals surface area contributed by atoms with Gasteiger partial charge in [0.1, 0.15) is 11.6 Å². The molecule has 0 bridgehead atoms. The number of phenolic OH excluding ortho intramolecular Hbond substituents is 1. The number of anilines is 1. The number of carbonyl (C=O) groups excluding carboxylic acids is 4. The van der Waals surface area contributed by atoms with Crippen LogP contribution in [0.25, 0.3) is 0 Å². The molecule has 0 radical (unpaired) electrons. The molecule has 3 fully saturated rings. The number of allylic oxidation sites excluding steroid dienone is 2. The molecule has 6 unspecified atom stereocenters. The van der Waals surface area contributed by atoms with Gasteiger partial charge in [0.2, 0.25) is 11.8 Å². The number of imide groups is 2. The number of hydrogen-bond acceptors (Lipinski definition) is 6. The number of unbranched alkanes of at least 4 members (excludes halogenated alkanes) is 2. The summed E-state index contributed by atoms with van der Waals surface area (Å²) in [4.78, 5) is 64.9. The molecule has 2 saturated heterocycles. The smallest absolute Gasteiger partial charge is 0.303 e. The molecule has 0 aromatic heterocycles. The zero-order valence-corrected chi connectivity index (χ0v) is 25.9. The van der Waals surface area contributed by atoms with Gasteiger partial charge in [-0.05, 0) is 80.0 Å². The lowest BCUT2D eigenvalue weighted by Gasteiger charge is -2.50. The van der Waals surface area contributed by atoms with Gasteiger partial charge in [0, 0.05) is 18.9 Å². The Kier molecular flexibility index (Phi) is 7.80.